The molecule has 0 fully saturated rings. The van der Waals surface area contributed by atoms with Crippen molar-refractivity contribution in [2.75, 3.05) is 33.0 Å². The Kier molecular flexibility index (Phi) is 6.85. The first-order valence-electron chi connectivity index (χ1n) is 4.01. The van der Waals surface area contributed by atoms with Gasteiger partial charge in [0.15, 0.2) is 0 Å². The lowest BCUT2D eigenvalue weighted by molar-refractivity contribution is -0.269. The standard InChI is InChI=1S/C7H14F2O5/c8-7(9,14-2-1-10)5-13-4-6(12)3-11/h6,10-12H,1-5H2. The molecule has 0 saturated carbocycles. The summed E-state index contributed by atoms with van der Waals surface area (Å²) >= 11 is 0. The van der Waals surface area contributed by atoms with Gasteiger partial charge >= 0.3 is 6.11 Å². The first-order chi connectivity index (χ1) is 6.52. The predicted octanol–water partition coefficient (Wildman–Crippen LogP) is -1.04. The van der Waals surface area contributed by atoms with Gasteiger partial charge in [0.25, 0.3) is 0 Å². The van der Waals surface area contributed by atoms with E-state index in [4.69, 9.17) is 15.3 Å². The van der Waals surface area contributed by atoms with Crippen LogP contribution < -0.4 is 0 Å². The fourth-order valence-electron chi connectivity index (χ4n) is 0.603. The summed E-state index contributed by atoms with van der Waals surface area (Å²) in [4.78, 5) is 0. The lowest BCUT2D eigenvalue weighted by Crippen LogP contribution is -2.31. The van der Waals surface area contributed by atoms with Gasteiger partial charge in [0, 0.05) is 0 Å². The van der Waals surface area contributed by atoms with Crippen LogP contribution in [-0.4, -0.2) is 60.6 Å². The van der Waals surface area contributed by atoms with E-state index in [0.29, 0.717) is 0 Å². The minimum absolute atomic E-state index is 0.394. The topological polar surface area (TPSA) is 79.2 Å². The smallest absolute Gasteiger partial charge is 0.379 e. The monoisotopic (exact) mass is 216 g/mol. The molecule has 14 heavy (non-hydrogen) atoms. The molecular weight excluding hydrogens is 202 g/mol. The molecule has 0 amide bonds. The lowest BCUT2D eigenvalue weighted by atomic mass is 10.4. The SMILES string of the molecule is OCCOC(F)(F)COCC(O)CO. The van der Waals surface area contributed by atoms with Crippen LogP contribution in [0.25, 0.3) is 0 Å². The van der Waals surface area contributed by atoms with E-state index < -0.39 is 45.2 Å². The molecular formula is C7H14F2O5. The number of aliphatic hydroxyl groups excluding tert-OH is 3. The minimum atomic E-state index is -3.49. The van der Waals surface area contributed by atoms with E-state index in [1.807, 2.05) is 0 Å². The Balaban J connectivity index is 3.54. The molecule has 0 aromatic rings. The zero-order chi connectivity index (χ0) is 11.0. The van der Waals surface area contributed by atoms with Gasteiger partial charge in [0.2, 0.25) is 0 Å². The van der Waals surface area contributed by atoms with Crippen molar-refractivity contribution in [1.29, 1.82) is 0 Å². The van der Waals surface area contributed by atoms with Gasteiger partial charge in [-0.25, -0.2) is 0 Å². The highest BCUT2D eigenvalue weighted by atomic mass is 19.3. The predicted molar refractivity (Wildman–Crippen MR) is 41.9 cm³/mol. The van der Waals surface area contributed by atoms with Crippen LogP contribution in [0.1, 0.15) is 0 Å². The Morgan fingerprint density at radius 1 is 1.29 bits per heavy atom. The highest BCUT2D eigenvalue weighted by Gasteiger charge is 2.30. The molecule has 0 aliphatic heterocycles. The summed E-state index contributed by atoms with van der Waals surface area (Å²) in [5.41, 5.74) is 0. The van der Waals surface area contributed by atoms with Crippen molar-refractivity contribution >= 4 is 0 Å². The number of hydrogen-bond acceptors (Lipinski definition) is 5. The van der Waals surface area contributed by atoms with E-state index in [9.17, 15) is 8.78 Å². The molecule has 0 aromatic carbocycles. The minimum Gasteiger partial charge on any atom is -0.394 e. The van der Waals surface area contributed by atoms with Crippen LogP contribution >= 0.6 is 0 Å². The molecule has 0 rings (SSSR count). The van der Waals surface area contributed by atoms with Gasteiger partial charge in [-0.15, -0.1) is 0 Å². The summed E-state index contributed by atoms with van der Waals surface area (Å²) in [5, 5.41) is 25.3. The Morgan fingerprint density at radius 3 is 2.43 bits per heavy atom. The van der Waals surface area contributed by atoms with E-state index in [-0.39, 0.29) is 0 Å². The summed E-state index contributed by atoms with van der Waals surface area (Å²) in [5.74, 6) is 0. The van der Waals surface area contributed by atoms with Crippen LogP contribution in [0.2, 0.25) is 0 Å². The molecule has 3 N–H and O–H groups in total. The maximum Gasteiger partial charge on any atom is 0.379 e. The fraction of sp³-hybridized carbons (Fsp3) is 1.00. The van der Waals surface area contributed by atoms with Crippen molar-refractivity contribution in [1.82, 2.24) is 0 Å². The molecule has 0 bridgehead atoms. The van der Waals surface area contributed by atoms with Crippen LogP contribution in [0.4, 0.5) is 8.78 Å². The van der Waals surface area contributed by atoms with E-state index in [2.05, 4.69) is 9.47 Å². The zero-order valence-electron chi connectivity index (χ0n) is 7.53. The van der Waals surface area contributed by atoms with Crippen LogP contribution in [0.15, 0.2) is 0 Å². The number of ether oxygens (including phenoxy) is 2. The molecule has 86 valence electrons. The molecule has 0 radical (unpaired) electrons. The van der Waals surface area contributed by atoms with Crippen molar-refractivity contribution in [2.45, 2.75) is 12.2 Å². The fourth-order valence-corrected chi connectivity index (χ4v) is 0.603. The van der Waals surface area contributed by atoms with E-state index in [1.165, 1.54) is 0 Å². The van der Waals surface area contributed by atoms with Gasteiger partial charge in [-0.3, -0.25) is 0 Å². The second-order valence-corrected chi connectivity index (χ2v) is 2.56. The Hall–Kier alpha value is -0.340. The van der Waals surface area contributed by atoms with Crippen molar-refractivity contribution in [2.24, 2.45) is 0 Å². The Bertz CT molecular complexity index is 144. The number of hydrogen-bond donors (Lipinski definition) is 3. The zero-order valence-corrected chi connectivity index (χ0v) is 7.53. The molecule has 7 heteroatoms. The summed E-state index contributed by atoms with van der Waals surface area (Å²) in [6, 6.07) is 0. The van der Waals surface area contributed by atoms with Gasteiger partial charge in [0.05, 0.1) is 26.4 Å². The quantitative estimate of drug-likeness (QED) is 0.483. The van der Waals surface area contributed by atoms with Crippen molar-refractivity contribution in [3.05, 3.63) is 0 Å². The van der Waals surface area contributed by atoms with Crippen molar-refractivity contribution < 1.29 is 33.6 Å². The largest absolute Gasteiger partial charge is 0.394 e. The van der Waals surface area contributed by atoms with Gasteiger partial charge in [-0.2, -0.15) is 8.78 Å². The summed E-state index contributed by atoms with van der Waals surface area (Å²) in [6.45, 7) is -2.96. The molecule has 0 heterocycles. The first kappa shape index (κ1) is 13.7. The van der Waals surface area contributed by atoms with Crippen LogP contribution in [-0.2, 0) is 9.47 Å². The third kappa shape index (κ3) is 7.10. The lowest BCUT2D eigenvalue weighted by Gasteiger charge is -2.17. The summed E-state index contributed by atoms with van der Waals surface area (Å²) in [7, 11) is 0. The van der Waals surface area contributed by atoms with Crippen molar-refractivity contribution in [3.8, 4) is 0 Å². The summed E-state index contributed by atoms with van der Waals surface area (Å²) in [6.07, 6.45) is -4.67. The maximum absolute atomic E-state index is 12.6. The molecule has 1 atom stereocenters. The van der Waals surface area contributed by atoms with Crippen LogP contribution in [0.5, 0.6) is 0 Å². The van der Waals surface area contributed by atoms with Crippen LogP contribution in [0.3, 0.4) is 0 Å². The highest BCUT2D eigenvalue weighted by molar-refractivity contribution is 4.53. The van der Waals surface area contributed by atoms with Gasteiger partial charge in [-0.05, 0) is 0 Å². The molecule has 0 spiro atoms. The Labute approximate surface area is 79.9 Å². The average Bonchev–Trinajstić information content (AvgIpc) is 2.14. The molecule has 5 nitrogen and oxygen atoms in total. The molecule has 0 aromatic heterocycles. The second kappa shape index (κ2) is 7.02. The third-order valence-electron chi connectivity index (χ3n) is 1.20. The van der Waals surface area contributed by atoms with E-state index in [0.717, 1.165) is 0 Å². The van der Waals surface area contributed by atoms with Gasteiger partial charge in [-0.1, -0.05) is 0 Å². The van der Waals surface area contributed by atoms with E-state index >= 15 is 0 Å². The van der Waals surface area contributed by atoms with Crippen LogP contribution in [0, 0.1) is 0 Å². The molecule has 1 unspecified atom stereocenters. The highest BCUT2D eigenvalue weighted by Crippen LogP contribution is 2.15. The molecule has 0 saturated heterocycles. The third-order valence-corrected chi connectivity index (χ3v) is 1.20. The van der Waals surface area contributed by atoms with Gasteiger partial charge in [0.1, 0.15) is 12.7 Å². The van der Waals surface area contributed by atoms with Gasteiger partial charge < -0.3 is 24.8 Å². The molecule has 0 aliphatic rings. The Morgan fingerprint density at radius 2 is 1.93 bits per heavy atom. The van der Waals surface area contributed by atoms with Crippen molar-refractivity contribution in [3.63, 3.8) is 0 Å². The maximum atomic E-state index is 12.6. The normalized spacial score (nSPS) is 14.4. The first-order valence-corrected chi connectivity index (χ1v) is 4.01. The number of alkyl halides is 2. The molecule has 0 aliphatic carbocycles. The number of halogens is 2. The summed E-state index contributed by atoms with van der Waals surface area (Å²) < 4.78 is 33.4. The average molecular weight is 216 g/mol. The number of aliphatic hydroxyl groups is 3. The second-order valence-electron chi connectivity index (χ2n) is 2.56. The number of rotatable bonds is 8. The van der Waals surface area contributed by atoms with E-state index in [1.54, 1.807) is 0 Å².